The Morgan fingerprint density at radius 3 is 2.46 bits per heavy atom. The molecule has 1 aliphatic heterocycles. The van der Waals surface area contributed by atoms with E-state index in [4.69, 9.17) is 11.6 Å². The first-order valence-electron chi connectivity index (χ1n) is 9.23. The van der Waals surface area contributed by atoms with Gasteiger partial charge in [-0.05, 0) is 31.0 Å². The van der Waals surface area contributed by atoms with Crippen molar-refractivity contribution in [2.24, 2.45) is 0 Å². The average Bonchev–Trinajstić information content (AvgIpc) is 2.94. The number of benzene rings is 1. The van der Waals surface area contributed by atoms with E-state index in [-0.39, 0.29) is 21.4 Å². The maximum absolute atomic E-state index is 13.1. The van der Waals surface area contributed by atoms with Gasteiger partial charge in [-0.3, -0.25) is 10.1 Å². The van der Waals surface area contributed by atoms with Gasteiger partial charge in [0.15, 0.2) is 0 Å². The molecule has 2 aromatic rings. The lowest BCUT2D eigenvalue weighted by Gasteiger charge is -2.21. The minimum Gasteiger partial charge on any atom is -0.296 e. The van der Waals surface area contributed by atoms with Crippen LogP contribution in [-0.2, 0) is 10.0 Å². The molecule has 0 aliphatic carbocycles. The Balaban J connectivity index is 1.84. The Labute approximate surface area is 174 Å². The fourth-order valence-corrected chi connectivity index (χ4v) is 5.71. The second-order valence-electron chi connectivity index (χ2n) is 7.02. The molecule has 0 atom stereocenters. The van der Waals surface area contributed by atoms with E-state index in [1.807, 2.05) is 13.8 Å². The smallest absolute Gasteiger partial charge is 0.257 e. The highest BCUT2D eigenvalue weighted by Crippen LogP contribution is 2.28. The Bertz CT molecular complexity index is 951. The molecule has 1 saturated heterocycles. The van der Waals surface area contributed by atoms with Gasteiger partial charge in [-0.2, -0.15) is 4.31 Å². The summed E-state index contributed by atoms with van der Waals surface area (Å²) in [4.78, 5) is 12.6. The highest BCUT2D eigenvalue weighted by molar-refractivity contribution is 7.89. The molecule has 0 spiro atoms. The van der Waals surface area contributed by atoms with Crippen LogP contribution in [0, 0.1) is 0 Å². The summed E-state index contributed by atoms with van der Waals surface area (Å²) in [5, 5.41) is 12.0. The van der Waals surface area contributed by atoms with Gasteiger partial charge in [0.2, 0.25) is 15.2 Å². The highest BCUT2D eigenvalue weighted by Gasteiger charge is 2.28. The number of anilines is 1. The van der Waals surface area contributed by atoms with E-state index in [1.165, 1.54) is 33.8 Å². The van der Waals surface area contributed by atoms with Crippen LogP contribution in [0.1, 0.15) is 60.8 Å². The molecule has 3 rings (SSSR count). The number of nitrogens with one attached hydrogen (secondary N) is 1. The van der Waals surface area contributed by atoms with Crippen LogP contribution in [0.5, 0.6) is 0 Å². The fourth-order valence-electron chi connectivity index (χ4n) is 2.95. The van der Waals surface area contributed by atoms with Crippen LogP contribution in [0.4, 0.5) is 5.13 Å². The molecule has 0 radical (unpaired) electrons. The molecule has 0 saturated carbocycles. The molecular formula is C18H23ClN4O3S2. The van der Waals surface area contributed by atoms with Crippen molar-refractivity contribution in [1.82, 2.24) is 14.5 Å². The Hall–Kier alpha value is -1.55. The number of halogens is 1. The minimum atomic E-state index is -3.76. The third-order valence-corrected chi connectivity index (χ3v) is 8.05. The number of hydrogen-bond acceptors (Lipinski definition) is 6. The maximum Gasteiger partial charge on any atom is 0.257 e. The van der Waals surface area contributed by atoms with Crippen LogP contribution >= 0.6 is 22.9 Å². The van der Waals surface area contributed by atoms with Crippen LogP contribution < -0.4 is 5.32 Å². The Kier molecular flexibility index (Phi) is 6.69. The molecular weight excluding hydrogens is 420 g/mol. The first kappa shape index (κ1) is 21.2. The molecule has 1 aliphatic rings. The van der Waals surface area contributed by atoms with Gasteiger partial charge in [0, 0.05) is 24.6 Å². The van der Waals surface area contributed by atoms with Crippen molar-refractivity contribution in [1.29, 1.82) is 0 Å². The van der Waals surface area contributed by atoms with Crippen LogP contribution in [0.25, 0.3) is 0 Å². The van der Waals surface area contributed by atoms with E-state index >= 15 is 0 Å². The summed E-state index contributed by atoms with van der Waals surface area (Å²) in [6.45, 7) is 4.92. The normalized spacial score (nSPS) is 16.1. The van der Waals surface area contributed by atoms with E-state index in [1.54, 1.807) is 0 Å². The van der Waals surface area contributed by atoms with Crippen molar-refractivity contribution < 1.29 is 13.2 Å². The number of carbonyl (C=O) groups excluding carboxylic acids is 1. The monoisotopic (exact) mass is 442 g/mol. The molecule has 1 N–H and O–H groups in total. The summed E-state index contributed by atoms with van der Waals surface area (Å²) in [7, 11) is -3.76. The van der Waals surface area contributed by atoms with E-state index < -0.39 is 15.9 Å². The first-order valence-corrected chi connectivity index (χ1v) is 11.9. The number of hydrogen-bond donors (Lipinski definition) is 1. The zero-order valence-electron chi connectivity index (χ0n) is 15.8. The predicted molar refractivity (Wildman–Crippen MR) is 111 cm³/mol. The second-order valence-corrected chi connectivity index (χ2v) is 10.3. The van der Waals surface area contributed by atoms with Gasteiger partial charge in [0.1, 0.15) is 9.90 Å². The minimum absolute atomic E-state index is 0.0381. The molecule has 1 aromatic heterocycles. The quantitative estimate of drug-likeness (QED) is 0.751. The summed E-state index contributed by atoms with van der Waals surface area (Å²) in [6.07, 6.45) is 3.68. The summed E-state index contributed by atoms with van der Waals surface area (Å²) < 4.78 is 27.6. The van der Waals surface area contributed by atoms with Crippen LogP contribution in [0.3, 0.4) is 0 Å². The van der Waals surface area contributed by atoms with Gasteiger partial charge in [0.25, 0.3) is 5.91 Å². The van der Waals surface area contributed by atoms with Gasteiger partial charge in [-0.15, -0.1) is 10.2 Å². The lowest BCUT2D eigenvalue weighted by Crippen LogP contribution is -2.32. The Morgan fingerprint density at radius 2 is 1.86 bits per heavy atom. The summed E-state index contributed by atoms with van der Waals surface area (Å²) >= 11 is 7.48. The maximum atomic E-state index is 13.1. The zero-order valence-corrected chi connectivity index (χ0v) is 18.2. The molecule has 2 heterocycles. The molecule has 28 heavy (non-hydrogen) atoms. The molecule has 0 bridgehead atoms. The summed E-state index contributed by atoms with van der Waals surface area (Å²) in [5.41, 5.74) is 0.207. The lowest BCUT2D eigenvalue weighted by molar-refractivity contribution is 0.102. The van der Waals surface area contributed by atoms with Gasteiger partial charge in [0.05, 0.1) is 5.02 Å². The molecule has 0 unspecified atom stereocenters. The number of rotatable bonds is 5. The predicted octanol–water partition coefficient (Wildman–Crippen LogP) is 4.13. The van der Waals surface area contributed by atoms with Crippen molar-refractivity contribution >= 4 is 44.0 Å². The van der Waals surface area contributed by atoms with Gasteiger partial charge >= 0.3 is 0 Å². The highest BCUT2D eigenvalue weighted by atomic mass is 35.5. The fraction of sp³-hybridized carbons (Fsp3) is 0.500. The average molecular weight is 443 g/mol. The van der Waals surface area contributed by atoms with Crippen molar-refractivity contribution in [2.45, 2.75) is 50.3 Å². The zero-order chi connectivity index (χ0) is 20.3. The third-order valence-electron chi connectivity index (χ3n) is 4.53. The molecule has 152 valence electrons. The van der Waals surface area contributed by atoms with Gasteiger partial charge in [-0.1, -0.05) is 49.6 Å². The SMILES string of the molecule is CC(C)c1nnc(NC(=O)c2ccc(Cl)c(S(=O)(=O)N3CCCCCC3)c2)s1. The van der Waals surface area contributed by atoms with Gasteiger partial charge in [-0.25, -0.2) is 8.42 Å². The molecule has 1 amide bonds. The summed E-state index contributed by atoms with van der Waals surface area (Å²) in [5.74, 6) is -0.237. The van der Waals surface area contributed by atoms with Crippen LogP contribution in [0.15, 0.2) is 23.1 Å². The van der Waals surface area contributed by atoms with E-state index in [2.05, 4.69) is 15.5 Å². The number of aromatic nitrogens is 2. The number of amides is 1. The van der Waals surface area contributed by atoms with E-state index in [0.717, 1.165) is 30.7 Å². The lowest BCUT2D eigenvalue weighted by atomic mass is 10.2. The van der Waals surface area contributed by atoms with Crippen molar-refractivity contribution in [3.63, 3.8) is 0 Å². The second kappa shape index (κ2) is 8.86. The first-order chi connectivity index (χ1) is 13.3. The molecule has 7 nitrogen and oxygen atoms in total. The van der Waals surface area contributed by atoms with Crippen molar-refractivity contribution in [3.8, 4) is 0 Å². The van der Waals surface area contributed by atoms with Crippen LogP contribution in [0.2, 0.25) is 5.02 Å². The molecule has 1 fully saturated rings. The molecule has 10 heteroatoms. The molecule has 1 aromatic carbocycles. The van der Waals surface area contributed by atoms with E-state index in [9.17, 15) is 13.2 Å². The third kappa shape index (κ3) is 4.71. The largest absolute Gasteiger partial charge is 0.296 e. The standard InChI is InChI=1S/C18H23ClN4O3S2/c1-12(2)17-21-22-18(27-17)20-16(24)13-7-8-14(19)15(11-13)28(25,26)23-9-5-3-4-6-10-23/h7-8,11-12H,3-6,9-10H2,1-2H3,(H,20,22,24). The van der Waals surface area contributed by atoms with Gasteiger partial charge < -0.3 is 0 Å². The van der Waals surface area contributed by atoms with Crippen molar-refractivity contribution in [2.75, 3.05) is 18.4 Å². The number of carbonyl (C=O) groups is 1. The summed E-state index contributed by atoms with van der Waals surface area (Å²) in [6, 6.07) is 4.28. The van der Waals surface area contributed by atoms with E-state index in [0.29, 0.717) is 18.2 Å². The topological polar surface area (TPSA) is 92.3 Å². The van der Waals surface area contributed by atoms with Crippen LogP contribution in [-0.4, -0.2) is 41.9 Å². The van der Waals surface area contributed by atoms with Crippen molar-refractivity contribution in [3.05, 3.63) is 33.8 Å². The number of nitrogens with zero attached hydrogens (tertiary/aromatic N) is 3. The number of sulfonamides is 1. The Morgan fingerprint density at radius 1 is 1.18 bits per heavy atom.